The van der Waals surface area contributed by atoms with E-state index in [4.69, 9.17) is 0 Å². The molecule has 1 unspecified atom stereocenters. The lowest BCUT2D eigenvalue weighted by Crippen LogP contribution is -2.37. The molecule has 0 radical (unpaired) electrons. The Hall–Kier alpha value is -2.51. The Morgan fingerprint density at radius 3 is 2.60 bits per heavy atom. The van der Waals surface area contributed by atoms with Crippen LogP contribution in [-0.4, -0.2) is 57.8 Å². The number of likely N-dealkylation sites (N-methyl/N-ethyl adjacent to an activating group) is 2. The summed E-state index contributed by atoms with van der Waals surface area (Å²) in [7, 11) is 2.94. The molecule has 1 aromatic rings. The second-order valence-electron chi connectivity index (χ2n) is 6.64. The van der Waals surface area contributed by atoms with Crippen molar-refractivity contribution in [3.63, 3.8) is 0 Å². The lowest BCUT2D eigenvalue weighted by Gasteiger charge is -2.18. The van der Waals surface area contributed by atoms with Crippen LogP contribution in [-0.2, 0) is 29.0 Å². The molecule has 25 heavy (non-hydrogen) atoms. The van der Waals surface area contributed by atoms with Gasteiger partial charge in [0.1, 0.15) is 11.9 Å². The first-order valence-electron chi connectivity index (χ1n) is 8.54. The number of imide groups is 1. The van der Waals surface area contributed by atoms with Crippen LogP contribution < -0.4 is 5.32 Å². The number of nitrogens with zero attached hydrogens (tertiary/aromatic N) is 4. The molecule has 0 saturated carbocycles. The number of hydrogen-bond donors (Lipinski definition) is 1. The molecule has 2 aliphatic rings. The summed E-state index contributed by atoms with van der Waals surface area (Å²) in [6.45, 7) is 2.20. The van der Waals surface area contributed by atoms with E-state index in [2.05, 4.69) is 15.3 Å². The van der Waals surface area contributed by atoms with Crippen LogP contribution in [0.5, 0.6) is 0 Å². The molecular formula is C17H23N5O3. The van der Waals surface area contributed by atoms with E-state index in [1.807, 2.05) is 6.92 Å². The first-order chi connectivity index (χ1) is 11.9. The van der Waals surface area contributed by atoms with Gasteiger partial charge in [0.25, 0.3) is 5.91 Å². The zero-order valence-corrected chi connectivity index (χ0v) is 14.8. The smallest absolute Gasteiger partial charge is 0.326 e. The molecule has 1 fully saturated rings. The van der Waals surface area contributed by atoms with Gasteiger partial charge in [0.2, 0.25) is 5.91 Å². The van der Waals surface area contributed by atoms with Crippen LogP contribution in [0, 0.1) is 6.92 Å². The standard InChI is InChI=1S/C17H23N5O3/c1-10-11-6-4-5-7-12(11)20-14(19-10)9-18-15(23)8-13-16(24)22(3)17(25)21(13)2/h13H,4-9H2,1-3H3,(H,18,23). The number of urea groups is 1. The highest BCUT2D eigenvalue weighted by molar-refractivity contribution is 6.05. The highest BCUT2D eigenvalue weighted by Gasteiger charge is 2.41. The predicted octanol–water partition coefficient (Wildman–Crippen LogP) is 0.563. The number of aryl methyl sites for hydroxylation is 2. The van der Waals surface area contributed by atoms with Crippen molar-refractivity contribution in [1.82, 2.24) is 25.1 Å². The van der Waals surface area contributed by atoms with Gasteiger partial charge in [-0.05, 0) is 38.2 Å². The van der Waals surface area contributed by atoms with Gasteiger partial charge in [-0.15, -0.1) is 0 Å². The fraction of sp³-hybridized carbons (Fsp3) is 0.588. The normalized spacial score (nSPS) is 20.0. The van der Waals surface area contributed by atoms with Gasteiger partial charge in [0.05, 0.1) is 13.0 Å². The van der Waals surface area contributed by atoms with E-state index in [-0.39, 0.29) is 24.8 Å². The fourth-order valence-corrected chi connectivity index (χ4v) is 3.43. The molecule has 4 amide bonds. The molecule has 3 rings (SSSR count). The molecule has 0 spiro atoms. The van der Waals surface area contributed by atoms with Crippen LogP contribution in [0.15, 0.2) is 0 Å². The van der Waals surface area contributed by atoms with Crippen LogP contribution >= 0.6 is 0 Å². The lowest BCUT2D eigenvalue weighted by atomic mass is 9.95. The second-order valence-corrected chi connectivity index (χ2v) is 6.64. The first kappa shape index (κ1) is 17.3. The number of rotatable bonds is 4. The topological polar surface area (TPSA) is 95.5 Å². The third-order valence-corrected chi connectivity index (χ3v) is 4.93. The van der Waals surface area contributed by atoms with Gasteiger partial charge in [0.15, 0.2) is 0 Å². The third kappa shape index (κ3) is 3.33. The molecular weight excluding hydrogens is 322 g/mol. The molecule has 1 atom stereocenters. The number of hydrogen-bond acceptors (Lipinski definition) is 5. The lowest BCUT2D eigenvalue weighted by molar-refractivity contribution is -0.131. The van der Waals surface area contributed by atoms with Gasteiger partial charge >= 0.3 is 6.03 Å². The Morgan fingerprint density at radius 1 is 1.20 bits per heavy atom. The zero-order valence-electron chi connectivity index (χ0n) is 14.8. The number of fused-ring (bicyclic) bond motifs is 1. The van der Waals surface area contributed by atoms with Crippen LogP contribution in [0.25, 0.3) is 0 Å². The number of nitrogens with one attached hydrogen (secondary N) is 1. The second kappa shape index (κ2) is 6.78. The van der Waals surface area contributed by atoms with Crippen LogP contribution in [0.2, 0.25) is 0 Å². The van der Waals surface area contributed by atoms with Crippen molar-refractivity contribution in [2.24, 2.45) is 0 Å². The Labute approximate surface area is 146 Å². The van der Waals surface area contributed by atoms with Crippen molar-refractivity contribution in [2.75, 3.05) is 14.1 Å². The summed E-state index contributed by atoms with van der Waals surface area (Å²) in [5.74, 6) is -0.0680. The fourth-order valence-electron chi connectivity index (χ4n) is 3.43. The van der Waals surface area contributed by atoms with E-state index in [0.717, 1.165) is 35.6 Å². The number of amides is 4. The molecule has 1 N–H and O–H groups in total. The minimum absolute atomic E-state index is 0.0602. The molecule has 0 bridgehead atoms. The van der Waals surface area contributed by atoms with E-state index in [1.54, 1.807) is 0 Å². The molecule has 2 heterocycles. The summed E-state index contributed by atoms with van der Waals surface area (Å²) >= 11 is 0. The maximum Gasteiger partial charge on any atom is 0.326 e. The molecule has 1 aliphatic carbocycles. The van der Waals surface area contributed by atoms with E-state index in [9.17, 15) is 14.4 Å². The average molecular weight is 345 g/mol. The van der Waals surface area contributed by atoms with E-state index in [1.165, 1.54) is 31.0 Å². The van der Waals surface area contributed by atoms with Gasteiger partial charge in [-0.25, -0.2) is 14.8 Å². The molecule has 8 nitrogen and oxygen atoms in total. The van der Waals surface area contributed by atoms with E-state index >= 15 is 0 Å². The largest absolute Gasteiger partial charge is 0.349 e. The molecule has 1 saturated heterocycles. The summed E-state index contributed by atoms with van der Waals surface area (Å²) in [6, 6.07) is -1.14. The maximum atomic E-state index is 12.2. The van der Waals surface area contributed by atoms with Gasteiger partial charge in [-0.1, -0.05) is 0 Å². The van der Waals surface area contributed by atoms with Crippen molar-refractivity contribution in [1.29, 1.82) is 0 Å². The Kier molecular flexibility index (Phi) is 4.69. The minimum atomic E-state index is -0.747. The van der Waals surface area contributed by atoms with Gasteiger partial charge in [-0.2, -0.15) is 0 Å². The van der Waals surface area contributed by atoms with Crippen LogP contribution in [0.1, 0.15) is 42.0 Å². The van der Waals surface area contributed by atoms with Gasteiger partial charge in [-0.3, -0.25) is 14.5 Å². The molecule has 0 aromatic carbocycles. The molecule has 134 valence electrons. The highest BCUT2D eigenvalue weighted by atomic mass is 16.2. The van der Waals surface area contributed by atoms with Crippen molar-refractivity contribution in [2.45, 2.75) is 51.6 Å². The van der Waals surface area contributed by atoms with Crippen molar-refractivity contribution >= 4 is 17.8 Å². The average Bonchev–Trinajstić information content (AvgIpc) is 2.78. The first-order valence-corrected chi connectivity index (χ1v) is 8.54. The van der Waals surface area contributed by atoms with Gasteiger partial charge in [0, 0.05) is 25.5 Å². The quantitative estimate of drug-likeness (QED) is 0.805. The highest BCUT2D eigenvalue weighted by Crippen LogP contribution is 2.21. The third-order valence-electron chi connectivity index (χ3n) is 4.93. The Balaban J connectivity index is 1.60. The summed E-state index contributed by atoms with van der Waals surface area (Å²) in [6.07, 6.45) is 4.21. The van der Waals surface area contributed by atoms with E-state index in [0.29, 0.717) is 5.82 Å². The predicted molar refractivity (Wildman–Crippen MR) is 89.6 cm³/mol. The van der Waals surface area contributed by atoms with Crippen molar-refractivity contribution in [3.8, 4) is 0 Å². The van der Waals surface area contributed by atoms with Crippen LogP contribution in [0.3, 0.4) is 0 Å². The molecule has 1 aliphatic heterocycles. The zero-order chi connectivity index (χ0) is 18.1. The molecule has 1 aromatic heterocycles. The monoisotopic (exact) mass is 345 g/mol. The maximum absolute atomic E-state index is 12.2. The van der Waals surface area contributed by atoms with Crippen molar-refractivity contribution < 1.29 is 14.4 Å². The van der Waals surface area contributed by atoms with Crippen molar-refractivity contribution in [3.05, 3.63) is 22.8 Å². The number of carbonyl (C=O) groups excluding carboxylic acids is 3. The SMILES string of the molecule is Cc1nc(CNC(=O)CC2C(=O)N(C)C(=O)N2C)nc2c1CCCC2. The molecule has 8 heteroatoms. The summed E-state index contributed by atoms with van der Waals surface area (Å²) < 4.78 is 0. The number of carbonyl (C=O) groups is 3. The van der Waals surface area contributed by atoms with E-state index < -0.39 is 12.1 Å². The minimum Gasteiger partial charge on any atom is -0.349 e. The summed E-state index contributed by atoms with van der Waals surface area (Å²) in [5, 5.41) is 2.76. The summed E-state index contributed by atoms with van der Waals surface area (Å²) in [4.78, 5) is 47.3. The number of aromatic nitrogens is 2. The Bertz CT molecular complexity index is 733. The van der Waals surface area contributed by atoms with Crippen LogP contribution in [0.4, 0.5) is 4.79 Å². The Morgan fingerprint density at radius 2 is 1.92 bits per heavy atom. The van der Waals surface area contributed by atoms with Gasteiger partial charge < -0.3 is 10.2 Å². The summed E-state index contributed by atoms with van der Waals surface area (Å²) in [5.41, 5.74) is 3.30.